The van der Waals surface area contributed by atoms with Crippen LogP contribution in [0.4, 0.5) is 0 Å². The lowest BCUT2D eigenvalue weighted by Gasteiger charge is -1.98. The molecule has 0 aliphatic rings. The van der Waals surface area contributed by atoms with Crippen molar-refractivity contribution in [1.29, 1.82) is 0 Å². The fourth-order valence-electron chi connectivity index (χ4n) is 1.47. The van der Waals surface area contributed by atoms with Gasteiger partial charge in [-0.3, -0.25) is 0 Å². The number of hydrogen-bond donors (Lipinski definition) is 1. The third kappa shape index (κ3) is 1.65. The fraction of sp³-hybridized carbons (Fsp3) is 0.273. The molecule has 1 aromatic heterocycles. The van der Waals surface area contributed by atoms with Crippen molar-refractivity contribution in [2.24, 2.45) is 0 Å². The minimum atomic E-state index is 0.0506. The van der Waals surface area contributed by atoms with Crippen molar-refractivity contribution in [3.05, 3.63) is 33.7 Å². The Morgan fingerprint density at radius 2 is 2.14 bits per heavy atom. The number of aliphatic hydroxyl groups excluding tert-OH is 1. The topological polar surface area (TPSA) is 20.2 Å². The van der Waals surface area contributed by atoms with Crippen LogP contribution in [0.2, 0.25) is 5.02 Å². The van der Waals surface area contributed by atoms with E-state index in [1.807, 2.05) is 12.1 Å². The van der Waals surface area contributed by atoms with Gasteiger partial charge in [0.1, 0.15) is 0 Å². The molecule has 74 valence electrons. The Morgan fingerprint density at radius 3 is 2.79 bits per heavy atom. The van der Waals surface area contributed by atoms with Crippen molar-refractivity contribution in [2.45, 2.75) is 20.0 Å². The molecule has 0 amide bonds. The molecule has 0 atom stereocenters. The van der Waals surface area contributed by atoms with Crippen molar-refractivity contribution in [1.82, 2.24) is 0 Å². The van der Waals surface area contributed by atoms with Crippen LogP contribution >= 0.6 is 22.9 Å². The first kappa shape index (κ1) is 9.97. The van der Waals surface area contributed by atoms with Crippen LogP contribution in [0.1, 0.15) is 17.4 Å². The number of benzene rings is 1. The van der Waals surface area contributed by atoms with E-state index in [-0.39, 0.29) is 6.61 Å². The summed E-state index contributed by atoms with van der Waals surface area (Å²) in [6, 6.07) is 5.96. The number of hydrogen-bond acceptors (Lipinski definition) is 2. The molecule has 0 fully saturated rings. The molecule has 0 saturated heterocycles. The number of rotatable bonds is 2. The van der Waals surface area contributed by atoms with Gasteiger partial charge < -0.3 is 5.11 Å². The third-order valence-corrected chi connectivity index (χ3v) is 3.77. The summed E-state index contributed by atoms with van der Waals surface area (Å²) >= 11 is 7.85. The van der Waals surface area contributed by atoms with E-state index >= 15 is 0 Å². The quantitative estimate of drug-likeness (QED) is 0.830. The molecule has 1 N–H and O–H groups in total. The lowest BCUT2D eigenvalue weighted by Crippen LogP contribution is -1.81. The minimum absolute atomic E-state index is 0.0506. The number of aryl methyl sites for hydroxylation is 1. The van der Waals surface area contributed by atoms with Crippen molar-refractivity contribution >= 4 is 33.0 Å². The van der Waals surface area contributed by atoms with Crippen LogP contribution in [-0.2, 0) is 13.0 Å². The van der Waals surface area contributed by atoms with Gasteiger partial charge in [-0.1, -0.05) is 18.5 Å². The van der Waals surface area contributed by atoms with Crippen molar-refractivity contribution < 1.29 is 5.11 Å². The Kier molecular flexibility index (Phi) is 2.77. The van der Waals surface area contributed by atoms with E-state index in [4.69, 9.17) is 16.7 Å². The lowest BCUT2D eigenvalue weighted by molar-refractivity contribution is 0.282. The average Bonchev–Trinajstić information content (AvgIpc) is 2.61. The van der Waals surface area contributed by atoms with Gasteiger partial charge in [0, 0.05) is 20.0 Å². The summed E-state index contributed by atoms with van der Waals surface area (Å²) in [4.78, 5) is 1.33. The molecule has 2 aromatic rings. The van der Waals surface area contributed by atoms with Gasteiger partial charge >= 0.3 is 0 Å². The van der Waals surface area contributed by atoms with E-state index in [0.29, 0.717) is 0 Å². The predicted octanol–water partition coefficient (Wildman–Crippen LogP) is 3.61. The van der Waals surface area contributed by atoms with Crippen LogP contribution in [-0.4, -0.2) is 5.11 Å². The molecule has 0 aliphatic carbocycles. The highest BCUT2D eigenvalue weighted by Gasteiger charge is 2.05. The number of fused-ring (bicyclic) bond motifs is 1. The third-order valence-electron chi connectivity index (χ3n) is 2.23. The maximum Gasteiger partial charge on any atom is 0.0682 e. The molecule has 1 heterocycles. The normalized spacial score (nSPS) is 11.1. The molecular formula is C11H11ClOS. The summed E-state index contributed by atoms with van der Waals surface area (Å²) in [7, 11) is 0. The molecule has 0 aliphatic heterocycles. The first-order chi connectivity index (χ1) is 6.74. The monoisotopic (exact) mass is 226 g/mol. The molecular weight excluding hydrogens is 216 g/mol. The van der Waals surface area contributed by atoms with Gasteiger partial charge in [0.15, 0.2) is 0 Å². The second-order valence-electron chi connectivity index (χ2n) is 3.21. The van der Waals surface area contributed by atoms with E-state index in [0.717, 1.165) is 22.4 Å². The maximum atomic E-state index is 9.03. The molecule has 0 radical (unpaired) electrons. The van der Waals surface area contributed by atoms with E-state index in [9.17, 15) is 0 Å². The SMILES string of the molecule is CCc1cc2c(Cl)cc(CO)cc2s1. The standard InChI is InChI=1S/C11H11ClOS/c1-2-8-5-9-10(12)3-7(6-13)4-11(9)14-8/h3-5,13H,2,6H2,1H3. The van der Waals surface area contributed by atoms with Gasteiger partial charge in [-0.15, -0.1) is 11.3 Å². The van der Waals surface area contributed by atoms with Gasteiger partial charge in [-0.25, -0.2) is 0 Å². The van der Waals surface area contributed by atoms with Gasteiger partial charge in [0.25, 0.3) is 0 Å². The molecule has 0 spiro atoms. The lowest BCUT2D eigenvalue weighted by atomic mass is 10.2. The molecule has 1 aromatic carbocycles. The van der Waals surface area contributed by atoms with Gasteiger partial charge in [0.05, 0.1) is 6.61 Å². The van der Waals surface area contributed by atoms with Gasteiger partial charge in [0.2, 0.25) is 0 Å². The molecule has 0 saturated carbocycles. The largest absolute Gasteiger partial charge is 0.392 e. The molecule has 14 heavy (non-hydrogen) atoms. The van der Waals surface area contributed by atoms with Gasteiger partial charge in [-0.05, 0) is 30.2 Å². The second-order valence-corrected chi connectivity index (χ2v) is 4.79. The van der Waals surface area contributed by atoms with Crippen molar-refractivity contribution in [3.8, 4) is 0 Å². The number of halogens is 1. The molecule has 2 rings (SSSR count). The Bertz CT molecular complexity index is 462. The molecule has 0 unspecified atom stereocenters. The summed E-state index contributed by atoms with van der Waals surface area (Å²) in [5.41, 5.74) is 0.881. The Morgan fingerprint density at radius 1 is 1.36 bits per heavy atom. The van der Waals surface area contributed by atoms with Crippen LogP contribution in [0.15, 0.2) is 18.2 Å². The minimum Gasteiger partial charge on any atom is -0.392 e. The van der Waals surface area contributed by atoms with Crippen molar-refractivity contribution in [2.75, 3.05) is 0 Å². The summed E-state index contributed by atoms with van der Waals surface area (Å²) in [5, 5.41) is 10.9. The second kappa shape index (κ2) is 3.89. The molecule has 1 nitrogen and oxygen atoms in total. The highest BCUT2D eigenvalue weighted by molar-refractivity contribution is 7.19. The van der Waals surface area contributed by atoms with E-state index < -0.39 is 0 Å². The van der Waals surface area contributed by atoms with Crippen LogP contribution in [0.25, 0.3) is 10.1 Å². The van der Waals surface area contributed by atoms with E-state index in [1.165, 1.54) is 9.58 Å². The smallest absolute Gasteiger partial charge is 0.0682 e. The fourth-order valence-corrected chi connectivity index (χ4v) is 2.91. The van der Waals surface area contributed by atoms with Crippen LogP contribution in [0.5, 0.6) is 0 Å². The maximum absolute atomic E-state index is 9.03. The first-order valence-corrected chi connectivity index (χ1v) is 5.75. The zero-order chi connectivity index (χ0) is 10.1. The Hall–Kier alpha value is -0.570. The number of thiophene rings is 1. The summed E-state index contributed by atoms with van der Waals surface area (Å²) in [6.45, 7) is 2.18. The Balaban J connectivity index is 2.67. The highest BCUT2D eigenvalue weighted by Crippen LogP contribution is 2.32. The van der Waals surface area contributed by atoms with Gasteiger partial charge in [-0.2, -0.15) is 0 Å². The molecule has 3 heteroatoms. The average molecular weight is 227 g/mol. The predicted molar refractivity (Wildman–Crippen MR) is 62.1 cm³/mol. The zero-order valence-corrected chi connectivity index (χ0v) is 9.45. The molecule has 0 bridgehead atoms. The summed E-state index contributed by atoms with van der Waals surface area (Å²) in [5.74, 6) is 0. The number of aliphatic hydroxyl groups is 1. The van der Waals surface area contributed by atoms with Crippen LogP contribution in [0, 0.1) is 0 Å². The Labute approximate surface area is 91.9 Å². The van der Waals surface area contributed by atoms with Crippen LogP contribution in [0.3, 0.4) is 0 Å². The van der Waals surface area contributed by atoms with Crippen molar-refractivity contribution in [3.63, 3.8) is 0 Å². The summed E-state index contributed by atoms with van der Waals surface area (Å²) in [6.07, 6.45) is 1.03. The van der Waals surface area contributed by atoms with E-state index in [1.54, 1.807) is 11.3 Å². The summed E-state index contributed by atoms with van der Waals surface area (Å²) < 4.78 is 1.17. The first-order valence-electron chi connectivity index (χ1n) is 4.56. The highest BCUT2D eigenvalue weighted by atomic mass is 35.5. The zero-order valence-electron chi connectivity index (χ0n) is 7.88. The van der Waals surface area contributed by atoms with Crippen LogP contribution < -0.4 is 0 Å². The van der Waals surface area contributed by atoms with E-state index in [2.05, 4.69) is 13.0 Å².